The summed E-state index contributed by atoms with van der Waals surface area (Å²) >= 11 is 0. The van der Waals surface area contributed by atoms with E-state index in [1.807, 2.05) is 18.2 Å². The van der Waals surface area contributed by atoms with Gasteiger partial charge in [0.1, 0.15) is 5.75 Å². The maximum atomic E-state index is 11.9. The molecular weight excluding hydrogens is 266 g/mol. The molecule has 2 N–H and O–H groups in total. The molecule has 1 heterocycles. The molecule has 0 aliphatic carbocycles. The van der Waals surface area contributed by atoms with Gasteiger partial charge in [0.25, 0.3) is 5.91 Å². The topological polar surface area (TPSA) is 68.5 Å². The summed E-state index contributed by atoms with van der Waals surface area (Å²) in [6.45, 7) is 0.459. The molecule has 0 radical (unpaired) electrons. The van der Waals surface area contributed by atoms with Crippen molar-refractivity contribution in [1.29, 1.82) is 0 Å². The Bertz CT molecular complexity index is 612. The maximum Gasteiger partial charge on any atom is 0.253 e. The number of rotatable bonds is 5. The van der Waals surface area contributed by atoms with Crippen LogP contribution in [0.15, 0.2) is 42.6 Å². The molecule has 21 heavy (non-hydrogen) atoms. The van der Waals surface area contributed by atoms with Crippen LogP contribution in [0, 0.1) is 0 Å². The van der Waals surface area contributed by atoms with Gasteiger partial charge in [-0.05, 0) is 30.3 Å². The van der Waals surface area contributed by atoms with Crippen LogP contribution in [0.3, 0.4) is 0 Å². The van der Waals surface area contributed by atoms with Gasteiger partial charge in [-0.1, -0.05) is 6.07 Å². The van der Waals surface area contributed by atoms with Crippen molar-refractivity contribution in [1.82, 2.24) is 9.88 Å². The fraction of sp³-hybridized carbons (Fsp3) is 0.250. The first-order chi connectivity index (χ1) is 10.1. The number of carbonyl (C=O) groups is 1. The van der Waals surface area contributed by atoms with E-state index in [1.54, 1.807) is 38.5 Å². The molecule has 5 heteroatoms. The Kier molecular flexibility index (Phi) is 4.77. The minimum absolute atomic E-state index is 0.0791. The van der Waals surface area contributed by atoms with Crippen LogP contribution in [0.25, 0.3) is 0 Å². The van der Waals surface area contributed by atoms with Crippen LogP contribution in [0.5, 0.6) is 5.75 Å². The van der Waals surface area contributed by atoms with E-state index in [1.165, 1.54) is 4.90 Å². The number of ether oxygens (including phenoxy) is 1. The Hall–Kier alpha value is -2.56. The molecule has 0 atom stereocenters. The molecule has 0 bridgehead atoms. The normalized spacial score (nSPS) is 10.2. The molecule has 0 spiro atoms. The van der Waals surface area contributed by atoms with Gasteiger partial charge in [-0.3, -0.25) is 9.78 Å². The fourth-order valence-electron chi connectivity index (χ4n) is 1.86. The Morgan fingerprint density at radius 2 is 2.10 bits per heavy atom. The molecule has 1 amide bonds. The Labute approximate surface area is 124 Å². The minimum Gasteiger partial charge on any atom is -0.491 e. The minimum atomic E-state index is -0.0791. The first kappa shape index (κ1) is 14.8. The SMILES string of the molecule is CN(C)C(=O)c1ccc(N)c(OCCc2ccccn2)c1. The second kappa shape index (κ2) is 6.74. The van der Waals surface area contributed by atoms with E-state index in [4.69, 9.17) is 10.5 Å². The van der Waals surface area contributed by atoms with Crippen molar-refractivity contribution in [2.45, 2.75) is 6.42 Å². The molecule has 0 saturated carbocycles. The quantitative estimate of drug-likeness (QED) is 0.853. The first-order valence-electron chi connectivity index (χ1n) is 6.72. The number of aromatic nitrogens is 1. The van der Waals surface area contributed by atoms with E-state index in [9.17, 15) is 4.79 Å². The van der Waals surface area contributed by atoms with Crippen molar-refractivity contribution in [2.24, 2.45) is 0 Å². The lowest BCUT2D eigenvalue weighted by molar-refractivity contribution is 0.0827. The second-order valence-corrected chi connectivity index (χ2v) is 4.87. The molecule has 1 aromatic heterocycles. The number of nitrogens with two attached hydrogens (primary N) is 1. The van der Waals surface area contributed by atoms with Gasteiger partial charge in [0.05, 0.1) is 12.3 Å². The van der Waals surface area contributed by atoms with Gasteiger partial charge < -0.3 is 15.4 Å². The lowest BCUT2D eigenvalue weighted by Gasteiger charge is -2.13. The van der Waals surface area contributed by atoms with E-state index in [-0.39, 0.29) is 5.91 Å². The zero-order valence-electron chi connectivity index (χ0n) is 12.2. The number of benzene rings is 1. The summed E-state index contributed by atoms with van der Waals surface area (Å²) in [5, 5.41) is 0. The van der Waals surface area contributed by atoms with Crippen molar-refractivity contribution >= 4 is 11.6 Å². The molecule has 5 nitrogen and oxygen atoms in total. The van der Waals surface area contributed by atoms with Gasteiger partial charge >= 0.3 is 0 Å². The summed E-state index contributed by atoms with van der Waals surface area (Å²) < 4.78 is 5.68. The maximum absolute atomic E-state index is 11.9. The molecule has 110 valence electrons. The number of hydrogen-bond donors (Lipinski definition) is 1. The van der Waals surface area contributed by atoms with Crippen LogP contribution < -0.4 is 10.5 Å². The number of nitrogens with zero attached hydrogens (tertiary/aromatic N) is 2. The van der Waals surface area contributed by atoms with Crippen molar-refractivity contribution in [3.63, 3.8) is 0 Å². The van der Waals surface area contributed by atoms with Gasteiger partial charge in [0, 0.05) is 38.0 Å². The third-order valence-electron chi connectivity index (χ3n) is 3.01. The monoisotopic (exact) mass is 285 g/mol. The highest BCUT2D eigenvalue weighted by Gasteiger charge is 2.11. The molecular formula is C16H19N3O2. The highest BCUT2D eigenvalue weighted by molar-refractivity contribution is 5.94. The zero-order chi connectivity index (χ0) is 15.2. The highest BCUT2D eigenvalue weighted by atomic mass is 16.5. The van der Waals surface area contributed by atoms with E-state index in [0.29, 0.717) is 30.0 Å². The smallest absolute Gasteiger partial charge is 0.253 e. The van der Waals surface area contributed by atoms with Crippen molar-refractivity contribution < 1.29 is 9.53 Å². The lowest BCUT2D eigenvalue weighted by Crippen LogP contribution is -2.21. The predicted molar refractivity (Wildman–Crippen MR) is 82.3 cm³/mol. The third kappa shape index (κ3) is 3.95. The average Bonchev–Trinajstić information content (AvgIpc) is 2.49. The number of amides is 1. The van der Waals surface area contributed by atoms with Crippen LogP contribution in [-0.4, -0.2) is 36.5 Å². The van der Waals surface area contributed by atoms with E-state index < -0.39 is 0 Å². The van der Waals surface area contributed by atoms with E-state index >= 15 is 0 Å². The Morgan fingerprint density at radius 1 is 1.29 bits per heavy atom. The molecule has 0 saturated heterocycles. The standard InChI is InChI=1S/C16H19N3O2/c1-19(2)16(20)12-6-7-14(17)15(11-12)21-10-8-13-5-3-4-9-18-13/h3-7,9,11H,8,10,17H2,1-2H3. The van der Waals surface area contributed by atoms with Crippen LogP contribution >= 0.6 is 0 Å². The summed E-state index contributed by atoms with van der Waals surface area (Å²) in [5.41, 5.74) is 7.91. The van der Waals surface area contributed by atoms with Gasteiger partial charge in [-0.25, -0.2) is 0 Å². The number of carbonyl (C=O) groups excluding carboxylic acids is 1. The highest BCUT2D eigenvalue weighted by Crippen LogP contribution is 2.23. The number of anilines is 1. The summed E-state index contributed by atoms with van der Waals surface area (Å²) in [6.07, 6.45) is 2.44. The molecule has 0 aliphatic heterocycles. The van der Waals surface area contributed by atoms with Gasteiger partial charge in [-0.2, -0.15) is 0 Å². The van der Waals surface area contributed by atoms with Gasteiger partial charge in [0.15, 0.2) is 0 Å². The largest absolute Gasteiger partial charge is 0.491 e. The summed E-state index contributed by atoms with van der Waals surface area (Å²) in [4.78, 5) is 17.7. The van der Waals surface area contributed by atoms with Crippen LogP contribution in [0.4, 0.5) is 5.69 Å². The third-order valence-corrected chi connectivity index (χ3v) is 3.01. The van der Waals surface area contributed by atoms with Crippen molar-refractivity contribution in [3.05, 3.63) is 53.9 Å². The van der Waals surface area contributed by atoms with E-state index in [0.717, 1.165) is 5.69 Å². The van der Waals surface area contributed by atoms with Crippen LogP contribution in [-0.2, 0) is 6.42 Å². The Balaban J connectivity index is 2.02. The molecule has 0 unspecified atom stereocenters. The second-order valence-electron chi connectivity index (χ2n) is 4.87. The molecule has 1 aromatic carbocycles. The van der Waals surface area contributed by atoms with Crippen LogP contribution in [0.2, 0.25) is 0 Å². The first-order valence-corrected chi connectivity index (χ1v) is 6.72. The fourth-order valence-corrected chi connectivity index (χ4v) is 1.86. The van der Waals surface area contributed by atoms with Gasteiger partial charge in [-0.15, -0.1) is 0 Å². The number of hydrogen-bond acceptors (Lipinski definition) is 4. The lowest BCUT2D eigenvalue weighted by atomic mass is 10.1. The number of pyridine rings is 1. The Morgan fingerprint density at radius 3 is 2.76 bits per heavy atom. The summed E-state index contributed by atoms with van der Waals surface area (Å²) in [5.74, 6) is 0.447. The van der Waals surface area contributed by atoms with Crippen LogP contribution in [0.1, 0.15) is 16.1 Å². The zero-order valence-corrected chi connectivity index (χ0v) is 12.2. The van der Waals surface area contributed by atoms with Crippen molar-refractivity contribution in [3.8, 4) is 5.75 Å². The van der Waals surface area contributed by atoms with E-state index in [2.05, 4.69) is 4.98 Å². The van der Waals surface area contributed by atoms with Gasteiger partial charge in [0.2, 0.25) is 0 Å². The van der Waals surface area contributed by atoms with Crippen molar-refractivity contribution in [2.75, 3.05) is 26.4 Å². The summed E-state index contributed by atoms with van der Waals surface area (Å²) in [6, 6.07) is 10.8. The molecule has 0 aliphatic rings. The molecule has 2 aromatic rings. The summed E-state index contributed by atoms with van der Waals surface area (Å²) in [7, 11) is 3.42. The molecule has 0 fully saturated rings. The molecule has 2 rings (SSSR count). The average molecular weight is 285 g/mol. The number of nitrogen functional groups attached to an aromatic ring is 1. The predicted octanol–water partition coefficient (Wildman–Crippen LogP) is 1.99.